The van der Waals surface area contributed by atoms with E-state index in [0.717, 1.165) is 26.1 Å². The van der Waals surface area contributed by atoms with E-state index in [1.165, 1.54) is 89.9 Å². The van der Waals surface area contributed by atoms with Crippen LogP contribution in [0.1, 0.15) is 117 Å². The molecule has 0 aromatic carbocycles. The highest BCUT2D eigenvalue weighted by atomic mass is 31.2. The Kier molecular flexibility index (Phi) is 30.4. The van der Waals surface area contributed by atoms with Crippen molar-refractivity contribution in [3.63, 3.8) is 0 Å². The summed E-state index contributed by atoms with van der Waals surface area (Å²) in [6.07, 6.45) is 20.5. The maximum atomic E-state index is 11.8. The molecule has 0 amide bonds. The summed E-state index contributed by atoms with van der Waals surface area (Å²) in [6, 6.07) is 0. The molecular weight excluding hydrogens is 495 g/mol. The van der Waals surface area contributed by atoms with Crippen LogP contribution in [-0.4, -0.2) is 71.0 Å². The second-order valence-corrected chi connectivity index (χ2v) is 11.0. The predicted octanol–water partition coefficient (Wildman–Crippen LogP) is 7.47. The molecule has 0 heterocycles. The molecule has 37 heavy (non-hydrogen) atoms. The van der Waals surface area contributed by atoms with E-state index >= 15 is 0 Å². The van der Waals surface area contributed by atoms with Crippen molar-refractivity contribution in [2.24, 2.45) is 0 Å². The van der Waals surface area contributed by atoms with Gasteiger partial charge in [-0.3, -0.25) is 9.05 Å². The average molecular weight is 555 g/mol. The quantitative estimate of drug-likeness (QED) is 0.0676. The normalized spacial score (nSPS) is 12.0. The van der Waals surface area contributed by atoms with Crippen molar-refractivity contribution < 1.29 is 37.5 Å². The molecule has 0 saturated carbocycles. The van der Waals surface area contributed by atoms with Crippen LogP contribution in [0, 0.1) is 0 Å². The minimum atomic E-state index is -4.09. The van der Waals surface area contributed by atoms with Crippen molar-refractivity contribution in [3.05, 3.63) is 0 Å². The third-order valence-corrected chi connectivity index (χ3v) is 7.01. The largest absolute Gasteiger partial charge is 0.472 e. The Balaban J connectivity index is 3.28. The topological polar surface area (TPSA) is 92.7 Å². The lowest BCUT2D eigenvalue weighted by Gasteiger charge is -2.12. The first-order valence-corrected chi connectivity index (χ1v) is 16.5. The number of phosphoric acid groups is 1. The van der Waals surface area contributed by atoms with Crippen LogP contribution >= 0.6 is 7.82 Å². The van der Waals surface area contributed by atoms with Gasteiger partial charge in [0.25, 0.3) is 0 Å². The van der Waals surface area contributed by atoms with Gasteiger partial charge >= 0.3 is 7.82 Å². The lowest BCUT2D eigenvalue weighted by Crippen LogP contribution is -2.11. The lowest BCUT2D eigenvalue weighted by molar-refractivity contribution is 0.0193. The van der Waals surface area contributed by atoms with Crippen LogP contribution in [0.25, 0.3) is 0 Å². The van der Waals surface area contributed by atoms with Gasteiger partial charge in [-0.2, -0.15) is 0 Å². The van der Waals surface area contributed by atoms with E-state index in [1.807, 2.05) is 0 Å². The summed E-state index contributed by atoms with van der Waals surface area (Å²) >= 11 is 0. The van der Waals surface area contributed by atoms with Gasteiger partial charge in [0.2, 0.25) is 0 Å². The minimum absolute atomic E-state index is 0.0146. The molecular formula is C28H59O8P. The molecule has 0 unspecified atom stereocenters. The van der Waals surface area contributed by atoms with E-state index in [4.69, 9.17) is 28.0 Å². The van der Waals surface area contributed by atoms with Gasteiger partial charge in [-0.25, -0.2) is 4.57 Å². The van der Waals surface area contributed by atoms with E-state index < -0.39 is 7.82 Å². The Hall–Kier alpha value is -0.0500. The van der Waals surface area contributed by atoms with E-state index in [9.17, 15) is 9.46 Å². The van der Waals surface area contributed by atoms with Crippen LogP contribution in [0.2, 0.25) is 0 Å². The zero-order valence-corrected chi connectivity index (χ0v) is 25.0. The lowest BCUT2D eigenvalue weighted by atomic mass is 10.1. The number of phosphoric ester groups is 1. The molecule has 0 aliphatic rings. The average Bonchev–Trinajstić information content (AvgIpc) is 2.88. The SMILES string of the molecule is CCCCCCCCCCOCCOCCOP(=O)(O)OCCOCCOCCCCCCCCCC. The zero-order chi connectivity index (χ0) is 27.1. The van der Waals surface area contributed by atoms with Crippen molar-refractivity contribution in [1.82, 2.24) is 0 Å². The van der Waals surface area contributed by atoms with Gasteiger partial charge in [0.15, 0.2) is 0 Å². The van der Waals surface area contributed by atoms with E-state index in [0.29, 0.717) is 26.4 Å². The third-order valence-electron chi connectivity index (χ3n) is 5.99. The van der Waals surface area contributed by atoms with Gasteiger partial charge in [-0.05, 0) is 12.8 Å². The van der Waals surface area contributed by atoms with E-state index in [-0.39, 0.29) is 26.4 Å². The van der Waals surface area contributed by atoms with Crippen LogP contribution in [0.3, 0.4) is 0 Å². The molecule has 224 valence electrons. The standard InChI is InChI=1S/C28H59O8P/c1-3-5-7-9-11-13-15-17-19-31-21-23-33-25-27-35-37(29,30)36-28-26-34-24-22-32-20-18-16-14-12-10-8-6-4-2/h3-28H2,1-2H3,(H,29,30). The Bertz CT molecular complexity index is 443. The molecule has 0 spiro atoms. The molecule has 8 nitrogen and oxygen atoms in total. The van der Waals surface area contributed by atoms with Crippen LogP contribution in [-0.2, 0) is 32.6 Å². The Labute approximate surface area is 228 Å². The molecule has 0 radical (unpaired) electrons. The van der Waals surface area contributed by atoms with Gasteiger partial charge in [-0.15, -0.1) is 0 Å². The van der Waals surface area contributed by atoms with Crippen LogP contribution in [0.4, 0.5) is 0 Å². The maximum Gasteiger partial charge on any atom is 0.472 e. The molecule has 0 bridgehead atoms. The monoisotopic (exact) mass is 554 g/mol. The molecule has 0 fully saturated rings. The van der Waals surface area contributed by atoms with Crippen molar-refractivity contribution in [2.75, 3.05) is 66.1 Å². The molecule has 0 aromatic rings. The van der Waals surface area contributed by atoms with Crippen molar-refractivity contribution in [3.8, 4) is 0 Å². The maximum absolute atomic E-state index is 11.8. The van der Waals surface area contributed by atoms with E-state index in [2.05, 4.69) is 13.8 Å². The number of rotatable bonds is 32. The molecule has 0 aliphatic heterocycles. The summed E-state index contributed by atoms with van der Waals surface area (Å²) in [6.45, 7) is 8.28. The number of ether oxygens (including phenoxy) is 4. The summed E-state index contributed by atoms with van der Waals surface area (Å²) in [7, 11) is -4.09. The van der Waals surface area contributed by atoms with Crippen molar-refractivity contribution >= 4 is 7.82 Å². The fourth-order valence-electron chi connectivity index (χ4n) is 3.78. The first kappa shape index (κ1) is 37.0. The molecule has 1 N–H and O–H groups in total. The first-order valence-electron chi connectivity index (χ1n) is 15.0. The summed E-state index contributed by atoms with van der Waals surface area (Å²) in [5.41, 5.74) is 0. The highest BCUT2D eigenvalue weighted by Crippen LogP contribution is 2.42. The van der Waals surface area contributed by atoms with Crippen LogP contribution in [0.15, 0.2) is 0 Å². The van der Waals surface area contributed by atoms with E-state index in [1.54, 1.807) is 0 Å². The smallest absolute Gasteiger partial charge is 0.379 e. The summed E-state index contributed by atoms with van der Waals surface area (Å²) in [5, 5.41) is 0. The highest BCUT2D eigenvalue weighted by molar-refractivity contribution is 7.47. The fraction of sp³-hybridized carbons (Fsp3) is 1.00. The van der Waals surface area contributed by atoms with Gasteiger partial charge in [0.1, 0.15) is 0 Å². The highest BCUT2D eigenvalue weighted by Gasteiger charge is 2.20. The molecule has 0 aromatic heterocycles. The number of unbranched alkanes of at least 4 members (excludes halogenated alkanes) is 14. The third kappa shape index (κ3) is 32.1. The van der Waals surface area contributed by atoms with Gasteiger partial charge < -0.3 is 23.8 Å². The molecule has 9 heteroatoms. The van der Waals surface area contributed by atoms with Gasteiger partial charge in [-0.1, -0.05) is 104 Å². The molecule has 0 atom stereocenters. The minimum Gasteiger partial charge on any atom is -0.379 e. The predicted molar refractivity (Wildman–Crippen MR) is 150 cm³/mol. The first-order chi connectivity index (χ1) is 18.1. The second-order valence-electron chi connectivity index (χ2n) is 9.53. The van der Waals surface area contributed by atoms with Gasteiger partial charge in [0.05, 0.1) is 52.9 Å². The fourth-order valence-corrected chi connectivity index (χ4v) is 4.47. The molecule has 0 rings (SSSR count). The summed E-state index contributed by atoms with van der Waals surface area (Å²) in [4.78, 5) is 9.67. The Morgan fingerprint density at radius 1 is 0.405 bits per heavy atom. The zero-order valence-electron chi connectivity index (χ0n) is 24.1. The van der Waals surface area contributed by atoms with Crippen LogP contribution < -0.4 is 0 Å². The van der Waals surface area contributed by atoms with Crippen LogP contribution in [0.5, 0.6) is 0 Å². The molecule has 0 saturated heterocycles. The second kappa shape index (κ2) is 30.5. The number of hydrogen-bond donors (Lipinski definition) is 1. The molecule has 0 aliphatic carbocycles. The summed E-state index contributed by atoms with van der Waals surface area (Å²) < 4.78 is 43.5. The Morgan fingerprint density at radius 3 is 1.03 bits per heavy atom. The van der Waals surface area contributed by atoms with Crippen molar-refractivity contribution in [1.29, 1.82) is 0 Å². The van der Waals surface area contributed by atoms with Crippen molar-refractivity contribution in [2.45, 2.75) is 117 Å². The number of hydrogen-bond acceptors (Lipinski definition) is 7. The Morgan fingerprint density at radius 2 is 0.676 bits per heavy atom. The van der Waals surface area contributed by atoms with Gasteiger partial charge in [0, 0.05) is 13.2 Å². The summed E-state index contributed by atoms with van der Waals surface area (Å²) in [5.74, 6) is 0.